The first-order valence-electron chi connectivity index (χ1n) is 4.99. The molecular formula is C11H11ClN4O. The molecule has 0 aliphatic rings. The summed E-state index contributed by atoms with van der Waals surface area (Å²) in [6.45, 7) is 0.613. The summed E-state index contributed by atoms with van der Waals surface area (Å²) in [5, 5.41) is 3.57. The third-order valence-electron chi connectivity index (χ3n) is 2.11. The van der Waals surface area contributed by atoms with E-state index in [0.29, 0.717) is 17.4 Å². The predicted octanol–water partition coefficient (Wildman–Crippen LogP) is 2.15. The molecule has 0 radical (unpaired) electrons. The quantitative estimate of drug-likeness (QED) is 0.901. The normalized spacial score (nSPS) is 10.0. The maximum atomic E-state index is 5.96. The Kier molecular flexibility index (Phi) is 3.72. The van der Waals surface area contributed by atoms with Gasteiger partial charge in [-0.05, 0) is 17.7 Å². The molecule has 0 fully saturated rings. The van der Waals surface area contributed by atoms with Crippen LogP contribution in [0.2, 0.25) is 5.02 Å². The van der Waals surface area contributed by atoms with Gasteiger partial charge >= 0.3 is 6.01 Å². The molecule has 2 aromatic heterocycles. The summed E-state index contributed by atoms with van der Waals surface area (Å²) in [4.78, 5) is 12.0. The van der Waals surface area contributed by atoms with Crippen LogP contribution in [-0.4, -0.2) is 22.1 Å². The molecule has 88 valence electrons. The zero-order valence-corrected chi connectivity index (χ0v) is 9.98. The van der Waals surface area contributed by atoms with Gasteiger partial charge in [-0.3, -0.25) is 4.98 Å². The lowest BCUT2D eigenvalue weighted by Gasteiger charge is -2.07. The largest absolute Gasteiger partial charge is 0.467 e. The van der Waals surface area contributed by atoms with Gasteiger partial charge in [0.15, 0.2) is 5.82 Å². The van der Waals surface area contributed by atoms with Crippen LogP contribution >= 0.6 is 11.6 Å². The summed E-state index contributed by atoms with van der Waals surface area (Å²) < 4.78 is 4.93. The molecule has 0 atom stereocenters. The van der Waals surface area contributed by atoms with Crippen LogP contribution in [0.25, 0.3) is 0 Å². The van der Waals surface area contributed by atoms with Crippen molar-refractivity contribution in [2.75, 3.05) is 12.4 Å². The number of nitrogens with zero attached hydrogens (tertiary/aromatic N) is 3. The van der Waals surface area contributed by atoms with E-state index < -0.39 is 0 Å². The second-order valence-corrected chi connectivity index (χ2v) is 3.67. The lowest BCUT2D eigenvalue weighted by Crippen LogP contribution is -2.03. The Morgan fingerprint density at radius 3 is 2.82 bits per heavy atom. The first-order valence-corrected chi connectivity index (χ1v) is 5.36. The maximum Gasteiger partial charge on any atom is 0.318 e. The average molecular weight is 251 g/mol. The summed E-state index contributed by atoms with van der Waals surface area (Å²) in [5.41, 5.74) is 1.09. The van der Waals surface area contributed by atoms with Gasteiger partial charge in [0.1, 0.15) is 5.02 Å². The molecule has 0 saturated heterocycles. The van der Waals surface area contributed by atoms with Crippen molar-refractivity contribution in [1.29, 1.82) is 0 Å². The van der Waals surface area contributed by atoms with Crippen molar-refractivity contribution in [2.24, 2.45) is 0 Å². The zero-order chi connectivity index (χ0) is 12.1. The fourth-order valence-corrected chi connectivity index (χ4v) is 1.42. The van der Waals surface area contributed by atoms with E-state index in [-0.39, 0.29) is 6.01 Å². The van der Waals surface area contributed by atoms with Gasteiger partial charge < -0.3 is 10.1 Å². The molecule has 0 bridgehead atoms. The molecule has 2 heterocycles. The lowest BCUT2D eigenvalue weighted by molar-refractivity contribution is 0.380. The van der Waals surface area contributed by atoms with Gasteiger partial charge in [-0.1, -0.05) is 11.6 Å². The SMILES string of the molecule is COc1ncc(Cl)c(NCc2ccncc2)n1. The second-order valence-electron chi connectivity index (χ2n) is 3.26. The summed E-state index contributed by atoms with van der Waals surface area (Å²) >= 11 is 5.96. The van der Waals surface area contributed by atoms with Crippen molar-refractivity contribution in [3.8, 4) is 6.01 Å². The summed E-state index contributed by atoms with van der Waals surface area (Å²) in [6.07, 6.45) is 4.97. The first-order chi connectivity index (χ1) is 8.29. The van der Waals surface area contributed by atoms with Crippen LogP contribution in [0.5, 0.6) is 6.01 Å². The van der Waals surface area contributed by atoms with Crippen LogP contribution in [0, 0.1) is 0 Å². The molecule has 0 aliphatic carbocycles. The Balaban J connectivity index is 2.08. The summed E-state index contributed by atoms with van der Waals surface area (Å²) in [6, 6.07) is 4.12. The Morgan fingerprint density at radius 2 is 2.12 bits per heavy atom. The fourth-order valence-electron chi connectivity index (χ4n) is 1.26. The van der Waals surface area contributed by atoms with E-state index >= 15 is 0 Å². The van der Waals surface area contributed by atoms with Crippen molar-refractivity contribution in [1.82, 2.24) is 15.0 Å². The van der Waals surface area contributed by atoms with Crippen LogP contribution in [0.3, 0.4) is 0 Å². The van der Waals surface area contributed by atoms with E-state index in [1.807, 2.05) is 12.1 Å². The van der Waals surface area contributed by atoms with Gasteiger partial charge in [-0.2, -0.15) is 4.98 Å². The molecule has 0 aliphatic heterocycles. The maximum absolute atomic E-state index is 5.96. The van der Waals surface area contributed by atoms with Crippen LogP contribution in [0.4, 0.5) is 5.82 Å². The number of methoxy groups -OCH3 is 1. The van der Waals surface area contributed by atoms with Gasteiger partial charge in [0.25, 0.3) is 0 Å². The number of pyridine rings is 1. The molecule has 0 saturated carbocycles. The number of aromatic nitrogens is 3. The Labute approximate surface area is 104 Å². The molecule has 0 amide bonds. The number of halogens is 1. The van der Waals surface area contributed by atoms with Crippen molar-refractivity contribution >= 4 is 17.4 Å². The number of rotatable bonds is 4. The third kappa shape index (κ3) is 3.04. The number of anilines is 1. The number of nitrogens with one attached hydrogen (secondary N) is 1. The zero-order valence-electron chi connectivity index (χ0n) is 9.22. The van der Waals surface area contributed by atoms with Gasteiger partial charge in [0.05, 0.1) is 13.3 Å². The molecule has 0 unspecified atom stereocenters. The van der Waals surface area contributed by atoms with Crippen LogP contribution in [0.1, 0.15) is 5.56 Å². The molecule has 2 rings (SSSR count). The third-order valence-corrected chi connectivity index (χ3v) is 2.39. The highest BCUT2D eigenvalue weighted by molar-refractivity contribution is 6.32. The van der Waals surface area contributed by atoms with Crippen molar-refractivity contribution in [3.63, 3.8) is 0 Å². The second kappa shape index (κ2) is 5.45. The molecule has 0 spiro atoms. The molecule has 17 heavy (non-hydrogen) atoms. The van der Waals surface area contributed by atoms with Crippen molar-refractivity contribution < 1.29 is 4.74 Å². The van der Waals surface area contributed by atoms with E-state index in [9.17, 15) is 0 Å². The molecule has 5 nitrogen and oxygen atoms in total. The Hall–Kier alpha value is -1.88. The smallest absolute Gasteiger partial charge is 0.318 e. The van der Waals surface area contributed by atoms with E-state index in [2.05, 4.69) is 20.3 Å². The van der Waals surface area contributed by atoms with Gasteiger partial charge in [0, 0.05) is 18.9 Å². The van der Waals surface area contributed by atoms with E-state index in [4.69, 9.17) is 16.3 Å². The van der Waals surface area contributed by atoms with Crippen LogP contribution < -0.4 is 10.1 Å². The van der Waals surface area contributed by atoms with E-state index in [1.54, 1.807) is 12.4 Å². The highest BCUT2D eigenvalue weighted by atomic mass is 35.5. The standard InChI is InChI=1S/C11H11ClN4O/c1-17-11-15-7-9(12)10(16-11)14-6-8-2-4-13-5-3-8/h2-5,7H,6H2,1H3,(H,14,15,16). The monoisotopic (exact) mass is 250 g/mol. The number of ether oxygens (including phenoxy) is 1. The van der Waals surface area contributed by atoms with E-state index in [1.165, 1.54) is 13.3 Å². The number of hydrogen-bond acceptors (Lipinski definition) is 5. The average Bonchev–Trinajstić information content (AvgIpc) is 2.39. The Morgan fingerprint density at radius 1 is 1.35 bits per heavy atom. The topological polar surface area (TPSA) is 59.9 Å². The summed E-state index contributed by atoms with van der Waals surface area (Å²) in [7, 11) is 1.51. The molecule has 0 aromatic carbocycles. The first kappa shape index (κ1) is 11.6. The molecule has 1 N–H and O–H groups in total. The van der Waals surface area contributed by atoms with Gasteiger partial charge in [-0.25, -0.2) is 4.98 Å². The van der Waals surface area contributed by atoms with Gasteiger partial charge in [-0.15, -0.1) is 0 Å². The van der Waals surface area contributed by atoms with Crippen molar-refractivity contribution in [3.05, 3.63) is 41.3 Å². The van der Waals surface area contributed by atoms with Gasteiger partial charge in [0.2, 0.25) is 0 Å². The molecular weight excluding hydrogens is 240 g/mol. The Bertz CT molecular complexity index is 492. The highest BCUT2D eigenvalue weighted by Crippen LogP contribution is 2.20. The molecule has 2 aromatic rings. The summed E-state index contributed by atoms with van der Waals surface area (Å²) in [5.74, 6) is 0.551. The minimum absolute atomic E-state index is 0.284. The highest BCUT2D eigenvalue weighted by Gasteiger charge is 2.05. The minimum atomic E-state index is 0.284. The van der Waals surface area contributed by atoms with E-state index in [0.717, 1.165) is 5.56 Å². The predicted molar refractivity (Wildman–Crippen MR) is 65.2 cm³/mol. The fraction of sp³-hybridized carbons (Fsp3) is 0.182. The van der Waals surface area contributed by atoms with Crippen molar-refractivity contribution in [2.45, 2.75) is 6.54 Å². The van der Waals surface area contributed by atoms with Crippen LogP contribution in [0.15, 0.2) is 30.7 Å². The van der Waals surface area contributed by atoms with Crippen LogP contribution in [-0.2, 0) is 6.54 Å². The minimum Gasteiger partial charge on any atom is -0.467 e. The molecule has 6 heteroatoms. The number of hydrogen-bond donors (Lipinski definition) is 1. The lowest BCUT2D eigenvalue weighted by atomic mass is 10.3.